The van der Waals surface area contributed by atoms with Gasteiger partial charge in [0, 0.05) is 5.75 Å². The molecule has 0 radical (unpaired) electrons. The Bertz CT molecular complexity index is 442. The van der Waals surface area contributed by atoms with Gasteiger partial charge in [-0.1, -0.05) is 13.0 Å². The fraction of sp³-hybridized carbons (Fsp3) is 0.500. The first kappa shape index (κ1) is 13.1. The molecule has 0 saturated heterocycles. The first-order chi connectivity index (χ1) is 8.85. The second-order valence-electron chi connectivity index (χ2n) is 4.24. The molecular weight excluding hydrogens is 246 g/mol. The van der Waals surface area contributed by atoms with E-state index in [4.69, 9.17) is 14.7 Å². The third-order valence-electron chi connectivity index (χ3n) is 3.16. The molecule has 2 rings (SSSR count). The van der Waals surface area contributed by atoms with Gasteiger partial charge in [0.15, 0.2) is 11.5 Å². The lowest BCUT2D eigenvalue weighted by atomic mass is 9.93. The number of rotatable bonds is 5. The molecule has 0 saturated carbocycles. The lowest BCUT2D eigenvalue weighted by molar-refractivity contribution is 0.171. The Kier molecular flexibility index (Phi) is 4.77. The minimum absolute atomic E-state index is 0.488. The summed E-state index contributed by atoms with van der Waals surface area (Å²) in [4.78, 5) is 0. The summed E-state index contributed by atoms with van der Waals surface area (Å²) < 4.78 is 11.1. The number of nitriles is 1. The van der Waals surface area contributed by atoms with Crippen LogP contribution in [-0.2, 0) is 0 Å². The molecule has 1 aromatic rings. The van der Waals surface area contributed by atoms with E-state index in [1.165, 1.54) is 17.3 Å². The van der Waals surface area contributed by atoms with Crippen molar-refractivity contribution in [2.45, 2.75) is 25.7 Å². The highest BCUT2D eigenvalue weighted by molar-refractivity contribution is 8.03. The van der Waals surface area contributed by atoms with E-state index < -0.39 is 0 Å². The van der Waals surface area contributed by atoms with Crippen molar-refractivity contribution in [3.05, 3.63) is 23.8 Å². The Morgan fingerprint density at radius 1 is 1.33 bits per heavy atom. The normalized spacial score (nSPS) is 14.9. The van der Waals surface area contributed by atoms with Crippen LogP contribution in [-0.4, -0.2) is 19.0 Å². The Hall–Kier alpha value is -1.34. The number of ether oxygens (including phenoxy) is 2. The van der Waals surface area contributed by atoms with E-state index in [1.54, 1.807) is 0 Å². The van der Waals surface area contributed by atoms with Gasteiger partial charge in [-0.25, -0.2) is 0 Å². The largest absolute Gasteiger partial charge is 0.486 e. The SMILES string of the molecule is CCC(CCSC#N)c1ccc2c(c1)OCCO2. The minimum atomic E-state index is 0.488. The quantitative estimate of drug-likeness (QED) is 0.602. The second-order valence-corrected chi connectivity index (χ2v) is 5.12. The van der Waals surface area contributed by atoms with E-state index in [1.807, 2.05) is 6.07 Å². The number of benzene rings is 1. The molecule has 1 aliphatic heterocycles. The van der Waals surface area contributed by atoms with Crippen LogP contribution < -0.4 is 9.47 Å². The van der Waals surface area contributed by atoms with E-state index in [2.05, 4.69) is 24.5 Å². The maximum atomic E-state index is 8.56. The fourth-order valence-electron chi connectivity index (χ4n) is 2.17. The Morgan fingerprint density at radius 2 is 2.11 bits per heavy atom. The first-order valence-corrected chi connectivity index (χ1v) is 7.24. The molecule has 0 fully saturated rings. The van der Waals surface area contributed by atoms with E-state index in [-0.39, 0.29) is 0 Å². The summed E-state index contributed by atoms with van der Waals surface area (Å²) in [5.74, 6) is 3.06. The molecule has 3 nitrogen and oxygen atoms in total. The van der Waals surface area contributed by atoms with Crippen LogP contribution in [0.15, 0.2) is 18.2 Å². The van der Waals surface area contributed by atoms with E-state index >= 15 is 0 Å². The molecule has 0 aliphatic carbocycles. The van der Waals surface area contributed by atoms with Crippen molar-refractivity contribution in [3.8, 4) is 16.9 Å². The predicted octanol–water partition coefficient (Wildman–Crippen LogP) is 3.56. The maximum Gasteiger partial charge on any atom is 0.161 e. The van der Waals surface area contributed by atoms with Gasteiger partial charge in [-0.15, -0.1) is 0 Å². The Morgan fingerprint density at radius 3 is 2.83 bits per heavy atom. The van der Waals surface area contributed by atoms with E-state index in [9.17, 15) is 0 Å². The highest BCUT2D eigenvalue weighted by Crippen LogP contribution is 2.35. The van der Waals surface area contributed by atoms with Crippen molar-refractivity contribution in [3.63, 3.8) is 0 Å². The number of thioether (sulfide) groups is 1. The van der Waals surface area contributed by atoms with Crippen molar-refractivity contribution >= 4 is 11.8 Å². The zero-order chi connectivity index (χ0) is 12.8. The first-order valence-electron chi connectivity index (χ1n) is 6.25. The van der Waals surface area contributed by atoms with Crippen LogP contribution in [0.1, 0.15) is 31.2 Å². The summed E-state index contributed by atoms with van der Waals surface area (Å²) in [6.45, 7) is 3.43. The van der Waals surface area contributed by atoms with Gasteiger partial charge < -0.3 is 9.47 Å². The summed E-state index contributed by atoms with van der Waals surface area (Å²) in [7, 11) is 0. The lowest BCUT2D eigenvalue weighted by Crippen LogP contribution is -2.15. The van der Waals surface area contributed by atoms with Crippen molar-refractivity contribution in [1.82, 2.24) is 0 Å². The Balaban J connectivity index is 2.08. The predicted molar refractivity (Wildman–Crippen MR) is 73.2 cm³/mol. The molecule has 4 heteroatoms. The molecule has 0 N–H and O–H groups in total. The van der Waals surface area contributed by atoms with Gasteiger partial charge in [0.2, 0.25) is 0 Å². The van der Waals surface area contributed by atoms with Gasteiger partial charge in [-0.05, 0) is 48.2 Å². The van der Waals surface area contributed by atoms with E-state index in [0.29, 0.717) is 19.1 Å². The molecule has 1 aliphatic rings. The van der Waals surface area contributed by atoms with Crippen LogP contribution in [0, 0.1) is 10.7 Å². The van der Waals surface area contributed by atoms with Gasteiger partial charge in [0.25, 0.3) is 0 Å². The fourth-order valence-corrected chi connectivity index (χ4v) is 2.66. The minimum Gasteiger partial charge on any atom is -0.486 e. The summed E-state index contributed by atoms with van der Waals surface area (Å²) in [6, 6.07) is 6.18. The van der Waals surface area contributed by atoms with Crippen molar-refractivity contribution in [1.29, 1.82) is 5.26 Å². The van der Waals surface area contributed by atoms with Crippen molar-refractivity contribution in [2.24, 2.45) is 0 Å². The van der Waals surface area contributed by atoms with Crippen LogP contribution in [0.5, 0.6) is 11.5 Å². The maximum absolute atomic E-state index is 8.56. The zero-order valence-electron chi connectivity index (χ0n) is 10.5. The van der Waals surface area contributed by atoms with Crippen molar-refractivity contribution < 1.29 is 9.47 Å². The highest BCUT2D eigenvalue weighted by Gasteiger charge is 2.15. The van der Waals surface area contributed by atoms with Crippen LogP contribution in [0.3, 0.4) is 0 Å². The molecule has 0 spiro atoms. The molecule has 18 heavy (non-hydrogen) atoms. The number of thiocyanates is 1. The van der Waals surface area contributed by atoms with Crippen LogP contribution in [0.2, 0.25) is 0 Å². The number of hydrogen-bond acceptors (Lipinski definition) is 4. The third kappa shape index (κ3) is 3.11. The van der Waals surface area contributed by atoms with Gasteiger partial charge in [-0.2, -0.15) is 5.26 Å². The van der Waals surface area contributed by atoms with Crippen LogP contribution in [0.25, 0.3) is 0 Å². The standard InChI is InChI=1S/C14H17NO2S/c1-2-11(5-8-18-10-15)12-3-4-13-14(9-12)17-7-6-16-13/h3-4,9,11H,2,5-8H2,1H3. The summed E-state index contributed by atoms with van der Waals surface area (Å²) in [6.07, 6.45) is 2.10. The number of hydrogen-bond donors (Lipinski definition) is 0. The average molecular weight is 263 g/mol. The van der Waals surface area contributed by atoms with Gasteiger partial charge in [-0.3, -0.25) is 0 Å². The number of nitrogens with zero attached hydrogens (tertiary/aromatic N) is 1. The van der Waals surface area contributed by atoms with Gasteiger partial charge in [0.1, 0.15) is 18.6 Å². The molecule has 96 valence electrons. The number of fused-ring (bicyclic) bond motifs is 1. The van der Waals surface area contributed by atoms with Gasteiger partial charge >= 0.3 is 0 Å². The molecule has 0 aromatic heterocycles. The van der Waals surface area contributed by atoms with Crippen LogP contribution in [0.4, 0.5) is 0 Å². The smallest absolute Gasteiger partial charge is 0.161 e. The molecule has 0 bridgehead atoms. The summed E-state index contributed by atoms with van der Waals surface area (Å²) >= 11 is 1.32. The van der Waals surface area contributed by atoms with Crippen molar-refractivity contribution in [2.75, 3.05) is 19.0 Å². The molecular formula is C14H17NO2S. The Labute approximate surface area is 112 Å². The van der Waals surface area contributed by atoms with E-state index in [0.717, 1.165) is 30.1 Å². The summed E-state index contributed by atoms with van der Waals surface area (Å²) in [5.41, 5.74) is 1.28. The topological polar surface area (TPSA) is 42.2 Å². The zero-order valence-corrected chi connectivity index (χ0v) is 11.3. The second kappa shape index (κ2) is 6.55. The third-order valence-corrected chi connectivity index (χ3v) is 3.73. The molecule has 0 amide bonds. The lowest BCUT2D eigenvalue weighted by Gasteiger charge is -2.21. The molecule has 1 aromatic carbocycles. The van der Waals surface area contributed by atoms with Gasteiger partial charge in [0.05, 0.1) is 0 Å². The van der Waals surface area contributed by atoms with Crippen LogP contribution >= 0.6 is 11.8 Å². The monoisotopic (exact) mass is 263 g/mol. The molecule has 1 heterocycles. The molecule has 1 atom stereocenters. The highest BCUT2D eigenvalue weighted by atomic mass is 32.2. The summed E-state index contributed by atoms with van der Waals surface area (Å²) in [5, 5.41) is 10.7. The molecule has 1 unspecified atom stereocenters. The average Bonchev–Trinajstić information content (AvgIpc) is 2.43.